The number of methoxy groups -OCH3 is 1. The summed E-state index contributed by atoms with van der Waals surface area (Å²) in [6.45, 7) is 0.483. The molecule has 1 aromatic carbocycles. The largest absolute Gasteiger partial charge is 0.469 e. The maximum atomic E-state index is 12.6. The second kappa shape index (κ2) is 9.55. The Morgan fingerprint density at radius 3 is 2.68 bits per heavy atom. The third-order valence-corrected chi connectivity index (χ3v) is 8.10. The highest BCUT2D eigenvalue weighted by molar-refractivity contribution is 9.10. The molecule has 0 spiro atoms. The number of allylic oxidation sites excluding steroid dienone is 2. The molecule has 0 aromatic heterocycles. The second-order valence-corrected chi connectivity index (χ2v) is 10.5. The highest BCUT2D eigenvalue weighted by atomic mass is 79.9. The zero-order valence-electron chi connectivity index (χ0n) is 16.1. The molecule has 7 heteroatoms. The molecule has 2 saturated carbocycles. The summed E-state index contributed by atoms with van der Waals surface area (Å²) in [6, 6.07) is 6.72. The standard InChI is InChI=1S/C21H28BrNO4S/c1-27-21(24)6-4-2-3-5-19-15-7-8-16(13-15)20(19)14-23-28(25,26)18-11-9-17(22)10-12-18/h3,5,9-12,15-16,19-20,23H,2,4,6-8,13-14H2,1H3/b5-3-. The molecule has 0 saturated heterocycles. The summed E-state index contributed by atoms with van der Waals surface area (Å²) >= 11 is 3.33. The van der Waals surface area contributed by atoms with Crippen LogP contribution in [-0.4, -0.2) is 28.0 Å². The number of carbonyl (C=O) groups is 1. The van der Waals surface area contributed by atoms with Crippen molar-refractivity contribution in [3.8, 4) is 0 Å². The van der Waals surface area contributed by atoms with Gasteiger partial charge in [-0.2, -0.15) is 0 Å². The fraction of sp³-hybridized carbons (Fsp3) is 0.571. The zero-order chi connectivity index (χ0) is 20.1. The van der Waals surface area contributed by atoms with Crippen molar-refractivity contribution in [1.82, 2.24) is 4.72 Å². The minimum atomic E-state index is -3.49. The Bertz CT molecular complexity index is 806. The Kier molecular flexibility index (Phi) is 7.34. The second-order valence-electron chi connectivity index (χ2n) is 7.78. The topological polar surface area (TPSA) is 72.5 Å². The third kappa shape index (κ3) is 5.24. The molecule has 1 aromatic rings. The van der Waals surface area contributed by atoms with Crippen molar-refractivity contribution in [2.75, 3.05) is 13.7 Å². The number of esters is 1. The number of rotatable bonds is 9. The molecule has 4 unspecified atom stereocenters. The summed E-state index contributed by atoms with van der Waals surface area (Å²) in [5.74, 6) is 1.85. The molecule has 2 bridgehead atoms. The van der Waals surface area contributed by atoms with E-state index in [1.54, 1.807) is 24.3 Å². The Hall–Kier alpha value is -1.18. The van der Waals surface area contributed by atoms with E-state index in [4.69, 9.17) is 0 Å². The van der Waals surface area contributed by atoms with Crippen LogP contribution < -0.4 is 4.72 Å². The lowest BCUT2D eigenvalue weighted by Crippen LogP contribution is -2.35. The number of fused-ring (bicyclic) bond motifs is 2. The average Bonchev–Trinajstić information content (AvgIpc) is 3.28. The van der Waals surface area contributed by atoms with Gasteiger partial charge in [-0.3, -0.25) is 4.79 Å². The van der Waals surface area contributed by atoms with Gasteiger partial charge in [0.25, 0.3) is 0 Å². The number of hydrogen-bond acceptors (Lipinski definition) is 4. The van der Waals surface area contributed by atoms with Gasteiger partial charge in [-0.15, -0.1) is 0 Å². The molecule has 0 amide bonds. The number of sulfonamides is 1. The smallest absolute Gasteiger partial charge is 0.305 e. The maximum Gasteiger partial charge on any atom is 0.305 e. The molecule has 5 nitrogen and oxygen atoms in total. The molecule has 4 atom stereocenters. The Balaban J connectivity index is 1.57. The van der Waals surface area contributed by atoms with Crippen molar-refractivity contribution < 1.29 is 17.9 Å². The molecule has 28 heavy (non-hydrogen) atoms. The van der Waals surface area contributed by atoms with Gasteiger partial charge in [-0.05, 0) is 80.0 Å². The number of nitrogens with one attached hydrogen (secondary N) is 1. The predicted molar refractivity (Wildman–Crippen MR) is 112 cm³/mol. The van der Waals surface area contributed by atoms with Crippen LogP contribution in [0.5, 0.6) is 0 Å². The summed E-state index contributed by atoms with van der Waals surface area (Å²) in [7, 11) is -2.08. The number of benzene rings is 1. The van der Waals surface area contributed by atoms with Gasteiger partial charge >= 0.3 is 5.97 Å². The van der Waals surface area contributed by atoms with Gasteiger partial charge in [-0.1, -0.05) is 28.1 Å². The zero-order valence-corrected chi connectivity index (χ0v) is 18.5. The lowest BCUT2D eigenvalue weighted by Gasteiger charge is -2.29. The van der Waals surface area contributed by atoms with Crippen LogP contribution in [0.25, 0.3) is 0 Å². The van der Waals surface area contributed by atoms with E-state index < -0.39 is 10.0 Å². The van der Waals surface area contributed by atoms with E-state index in [-0.39, 0.29) is 5.97 Å². The fourth-order valence-corrected chi connectivity index (χ4v) is 6.02. The summed E-state index contributed by atoms with van der Waals surface area (Å²) in [5, 5.41) is 0. The predicted octanol–water partition coefficient (Wildman–Crippen LogP) is 4.29. The van der Waals surface area contributed by atoms with Crippen LogP contribution >= 0.6 is 15.9 Å². The van der Waals surface area contributed by atoms with Gasteiger partial charge in [0, 0.05) is 17.4 Å². The molecule has 2 aliphatic carbocycles. The highest BCUT2D eigenvalue weighted by Crippen LogP contribution is 2.52. The van der Waals surface area contributed by atoms with Gasteiger partial charge < -0.3 is 4.74 Å². The summed E-state index contributed by atoms with van der Waals surface area (Å²) in [4.78, 5) is 11.5. The first-order valence-corrected chi connectivity index (χ1v) is 12.2. The third-order valence-electron chi connectivity index (χ3n) is 6.13. The molecule has 2 fully saturated rings. The monoisotopic (exact) mass is 469 g/mol. The molecule has 0 radical (unpaired) electrons. The lowest BCUT2D eigenvalue weighted by molar-refractivity contribution is -0.140. The average molecular weight is 470 g/mol. The van der Waals surface area contributed by atoms with Gasteiger partial charge in [0.2, 0.25) is 10.0 Å². The highest BCUT2D eigenvalue weighted by Gasteiger charge is 2.46. The molecule has 0 heterocycles. The van der Waals surface area contributed by atoms with Crippen LogP contribution in [0.3, 0.4) is 0 Å². The van der Waals surface area contributed by atoms with E-state index in [0.29, 0.717) is 41.5 Å². The van der Waals surface area contributed by atoms with Crippen LogP contribution in [0.4, 0.5) is 0 Å². The van der Waals surface area contributed by atoms with E-state index in [0.717, 1.165) is 17.3 Å². The molecular weight excluding hydrogens is 442 g/mol. The van der Waals surface area contributed by atoms with E-state index in [1.807, 2.05) is 0 Å². The van der Waals surface area contributed by atoms with Crippen molar-refractivity contribution in [2.45, 2.75) is 43.4 Å². The molecule has 154 valence electrons. The van der Waals surface area contributed by atoms with Crippen molar-refractivity contribution in [2.24, 2.45) is 23.7 Å². The number of halogens is 1. The molecule has 1 N–H and O–H groups in total. The van der Waals surface area contributed by atoms with Crippen molar-refractivity contribution in [3.63, 3.8) is 0 Å². The van der Waals surface area contributed by atoms with Gasteiger partial charge in [0.15, 0.2) is 0 Å². The SMILES string of the molecule is COC(=O)CCC/C=C\C1C2CCC(C2)C1CNS(=O)(=O)c1ccc(Br)cc1. The first-order valence-electron chi connectivity index (χ1n) is 9.89. The molecular formula is C21H28BrNO4S. The van der Waals surface area contributed by atoms with Crippen LogP contribution in [0.15, 0.2) is 45.8 Å². The summed E-state index contributed by atoms with van der Waals surface area (Å²) in [6.07, 6.45) is 10.1. The number of hydrogen-bond donors (Lipinski definition) is 1. The van der Waals surface area contributed by atoms with Gasteiger partial charge in [0.1, 0.15) is 0 Å². The summed E-state index contributed by atoms with van der Waals surface area (Å²) in [5.41, 5.74) is 0. The van der Waals surface area contributed by atoms with Crippen LogP contribution in [-0.2, 0) is 19.6 Å². The van der Waals surface area contributed by atoms with Gasteiger partial charge in [0.05, 0.1) is 12.0 Å². The van der Waals surface area contributed by atoms with Crippen LogP contribution in [0.1, 0.15) is 38.5 Å². The lowest BCUT2D eigenvalue weighted by atomic mass is 9.79. The van der Waals surface area contributed by atoms with E-state index in [1.165, 1.54) is 26.4 Å². The molecule has 3 rings (SSSR count). The summed E-state index contributed by atoms with van der Waals surface area (Å²) < 4.78 is 33.6. The van der Waals surface area contributed by atoms with Gasteiger partial charge in [-0.25, -0.2) is 13.1 Å². The van der Waals surface area contributed by atoms with Crippen LogP contribution in [0, 0.1) is 23.7 Å². The quantitative estimate of drug-likeness (QED) is 0.332. The number of carbonyl (C=O) groups excluding carboxylic acids is 1. The molecule has 0 aliphatic heterocycles. The van der Waals surface area contributed by atoms with E-state index in [2.05, 4.69) is 37.5 Å². The first-order chi connectivity index (χ1) is 13.4. The Morgan fingerprint density at radius 2 is 1.96 bits per heavy atom. The van der Waals surface area contributed by atoms with Crippen molar-refractivity contribution in [1.29, 1.82) is 0 Å². The maximum absolute atomic E-state index is 12.6. The minimum absolute atomic E-state index is 0.173. The van der Waals surface area contributed by atoms with E-state index in [9.17, 15) is 13.2 Å². The minimum Gasteiger partial charge on any atom is -0.469 e. The normalized spacial score (nSPS) is 26.8. The Morgan fingerprint density at radius 1 is 1.25 bits per heavy atom. The fourth-order valence-electron chi connectivity index (χ4n) is 4.68. The first kappa shape index (κ1) is 21.5. The van der Waals surface area contributed by atoms with E-state index >= 15 is 0 Å². The van der Waals surface area contributed by atoms with Crippen LogP contribution in [0.2, 0.25) is 0 Å². The number of unbranched alkanes of at least 4 members (excludes halogenated alkanes) is 1. The Labute approximate surface area is 176 Å². The molecule has 2 aliphatic rings. The number of ether oxygens (including phenoxy) is 1. The van der Waals surface area contributed by atoms with Crippen molar-refractivity contribution >= 4 is 31.9 Å². The van der Waals surface area contributed by atoms with Crippen molar-refractivity contribution in [3.05, 3.63) is 40.9 Å².